The Bertz CT molecular complexity index is 1430. The van der Waals surface area contributed by atoms with Crippen molar-refractivity contribution < 1.29 is 27.3 Å². The Morgan fingerprint density at radius 2 is 1.71 bits per heavy atom. The third kappa shape index (κ3) is 4.92. The number of carbonyl (C=O) groups excluding carboxylic acids is 2. The monoisotopic (exact) mass is 498 g/mol. The summed E-state index contributed by atoms with van der Waals surface area (Å²) in [4.78, 5) is 25.1. The topological polar surface area (TPSA) is 140 Å². The second-order valence-electron chi connectivity index (χ2n) is 6.77. The average Bonchev–Trinajstić information content (AvgIpc) is 3.55. The summed E-state index contributed by atoms with van der Waals surface area (Å²) in [6.45, 7) is 0. The van der Waals surface area contributed by atoms with Gasteiger partial charge in [-0.15, -0.1) is 11.3 Å². The maximum atomic E-state index is 12.7. The van der Waals surface area contributed by atoms with Crippen LogP contribution in [-0.2, 0) is 10.0 Å². The van der Waals surface area contributed by atoms with Crippen molar-refractivity contribution in [3.8, 4) is 17.1 Å². The first-order chi connectivity index (χ1) is 16.4. The molecule has 4 aromatic rings. The number of carbonyl (C=O) groups is 2. The number of methoxy groups -OCH3 is 1. The Balaban J connectivity index is 1.45. The molecule has 0 spiro atoms. The predicted molar refractivity (Wildman–Crippen MR) is 125 cm³/mol. The van der Waals surface area contributed by atoms with E-state index in [0.717, 1.165) is 11.3 Å². The van der Waals surface area contributed by atoms with Crippen LogP contribution in [0.15, 0.2) is 80.8 Å². The van der Waals surface area contributed by atoms with Crippen LogP contribution in [0, 0.1) is 0 Å². The molecule has 2 aromatic heterocycles. The van der Waals surface area contributed by atoms with Crippen LogP contribution in [0.2, 0.25) is 0 Å². The molecule has 0 atom stereocenters. The number of hydrazine groups is 1. The van der Waals surface area contributed by atoms with E-state index in [4.69, 9.17) is 9.26 Å². The van der Waals surface area contributed by atoms with Crippen molar-refractivity contribution in [3.63, 3.8) is 0 Å². The van der Waals surface area contributed by atoms with E-state index in [-0.39, 0.29) is 21.2 Å². The quantitative estimate of drug-likeness (QED) is 0.332. The Hall–Kier alpha value is -4.16. The lowest BCUT2D eigenvalue weighted by molar-refractivity contribution is 0.0842. The zero-order chi connectivity index (χ0) is 24.1. The maximum absolute atomic E-state index is 12.7. The Morgan fingerprint density at radius 1 is 0.971 bits per heavy atom. The molecule has 3 N–H and O–H groups in total. The van der Waals surface area contributed by atoms with Crippen LogP contribution in [0.25, 0.3) is 11.3 Å². The predicted octanol–water partition coefficient (Wildman–Crippen LogP) is 3.29. The summed E-state index contributed by atoms with van der Waals surface area (Å²) < 4.78 is 38.1. The van der Waals surface area contributed by atoms with E-state index in [1.165, 1.54) is 31.4 Å². The van der Waals surface area contributed by atoms with E-state index in [9.17, 15) is 18.0 Å². The second-order valence-corrected chi connectivity index (χ2v) is 9.63. The number of sulfonamides is 1. The molecule has 0 bridgehead atoms. The number of nitrogens with one attached hydrogen (secondary N) is 3. The van der Waals surface area contributed by atoms with Crippen molar-refractivity contribution in [1.82, 2.24) is 16.0 Å². The number of anilines is 1. The van der Waals surface area contributed by atoms with Gasteiger partial charge in [-0.25, -0.2) is 8.42 Å². The first-order valence-electron chi connectivity index (χ1n) is 9.75. The van der Waals surface area contributed by atoms with Crippen LogP contribution in [-0.4, -0.2) is 32.5 Å². The van der Waals surface area contributed by atoms with Crippen LogP contribution in [0.3, 0.4) is 0 Å². The van der Waals surface area contributed by atoms with Crippen molar-refractivity contribution >= 4 is 38.9 Å². The lowest BCUT2D eigenvalue weighted by Gasteiger charge is -2.12. The molecule has 0 unspecified atom stereocenters. The summed E-state index contributed by atoms with van der Waals surface area (Å²) in [5.41, 5.74) is 5.09. The number of hydrogen-bond donors (Lipinski definition) is 3. The fourth-order valence-corrected chi connectivity index (χ4v) is 5.06. The number of rotatable bonds is 7. The summed E-state index contributed by atoms with van der Waals surface area (Å²) in [6, 6.07) is 17.5. The first kappa shape index (κ1) is 23.0. The van der Waals surface area contributed by atoms with Gasteiger partial charge in [-0.2, -0.15) is 0 Å². The first-order valence-corrected chi connectivity index (χ1v) is 12.1. The number of para-hydroxylation sites is 2. The zero-order valence-corrected chi connectivity index (χ0v) is 19.3. The number of benzene rings is 2. The summed E-state index contributed by atoms with van der Waals surface area (Å²) in [6.07, 6.45) is 0. The number of amides is 2. The van der Waals surface area contributed by atoms with Gasteiger partial charge in [0, 0.05) is 6.07 Å². The van der Waals surface area contributed by atoms with E-state index in [1.54, 1.807) is 47.8 Å². The zero-order valence-electron chi connectivity index (χ0n) is 17.6. The summed E-state index contributed by atoms with van der Waals surface area (Å²) in [5, 5.41) is 5.36. The van der Waals surface area contributed by atoms with Gasteiger partial charge in [-0.3, -0.25) is 25.2 Å². The molecule has 34 heavy (non-hydrogen) atoms. The van der Waals surface area contributed by atoms with E-state index in [2.05, 4.69) is 20.7 Å². The Labute approximate surface area is 198 Å². The van der Waals surface area contributed by atoms with Gasteiger partial charge in [0.2, 0.25) is 0 Å². The van der Waals surface area contributed by atoms with Gasteiger partial charge in [0.1, 0.15) is 9.96 Å². The second kappa shape index (κ2) is 9.77. The van der Waals surface area contributed by atoms with E-state index < -0.39 is 21.8 Å². The molecule has 10 nitrogen and oxygen atoms in total. The fourth-order valence-electron chi connectivity index (χ4n) is 2.98. The Kier molecular flexibility index (Phi) is 6.61. The molecule has 0 aliphatic heterocycles. The molecule has 0 saturated heterocycles. The molecule has 0 saturated carbocycles. The molecular weight excluding hydrogens is 480 g/mol. The SMILES string of the molecule is COc1ccccc1-c1cc(C(=O)NNC(=O)c2ccccc2NS(=O)(=O)c2cccs2)no1. The molecule has 0 aliphatic carbocycles. The lowest BCUT2D eigenvalue weighted by Crippen LogP contribution is -2.42. The minimum absolute atomic E-state index is 0.0118. The minimum Gasteiger partial charge on any atom is -0.496 e. The third-order valence-electron chi connectivity index (χ3n) is 4.58. The van der Waals surface area contributed by atoms with Crippen molar-refractivity contribution in [2.24, 2.45) is 0 Å². The molecule has 2 amide bonds. The number of hydrogen-bond acceptors (Lipinski definition) is 8. The number of nitrogens with zero attached hydrogens (tertiary/aromatic N) is 1. The van der Waals surface area contributed by atoms with Gasteiger partial charge in [0.25, 0.3) is 21.8 Å². The Morgan fingerprint density at radius 3 is 2.47 bits per heavy atom. The maximum Gasteiger partial charge on any atom is 0.291 e. The van der Waals surface area contributed by atoms with Crippen molar-refractivity contribution in [2.75, 3.05) is 11.8 Å². The number of ether oxygens (including phenoxy) is 1. The standard InChI is InChI=1S/C22H18N4O6S2/c1-31-18-10-5-3-8-15(18)19-13-17(25-32-19)22(28)24-23-21(27)14-7-2-4-9-16(14)26-34(29,30)20-11-6-12-33-20/h2-13,26H,1H3,(H,23,27)(H,24,28). The summed E-state index contributed by atoms with van der Waals surface area (Å²) in [7, 11) is -2.35. The number of thiophene rings is 1. The summed E-state index contributed by atoms with van der Waals surface area (Å²) >= 11 is 1.05. The van der Waals surface area contributed by atoms with Gasteiger partial charge in [0.15, 0.2) is 11.5 Å². The van der Waals surface area contributed by atoms with Crippen LogP contribution < -0.4 is 20.3 Å². The molecular formula is C22H18N4O6S2. The highest BCUT2D eigenvalue weighted by atomic mass is 32.2. The molecule has 4 rings (SSSR count). The molecule has 0 radical (unpaired) electrons. The van der Waals surface area contributed by atoms with Crippen molar-refractivity contribution in [3.05, 3.63) is 83.4 Å². The van der Waals surface area contributed by atoms with Crippen LogP contribution in [0.1, 0.15) is 20.8 Å². The minimum atomic E-state index is -3.86. The smallest absolute Gasteiger partial charge is 0.291 e. The number of aromatic nitrogens is 1. The molecule has 0 aliphatic rings. The van der Waals surface area contributed by atoms with Crippen LogP contribution in [0.5, 0.6) is 5.75 Å². The lowest BCUT2D eigenvalue weighted by atomic mass is 10.1. The summed E-state index contributed by atoms with van der Waals surface area (Å²) in [5.74, 6) is -0.607. The van der Waals surface area contributed by atoms with Gasteiger partial charge < -0.3 is 9.26 Å². The van der Waals surface area contributed by atoms with E-state index in [0.29, 0.717) is 17.1 Å². The van der Waals surface area contributed by atoms with Crippen LogP contribution in [0.4, 0.5) is 5.69 Å². The average molecular weight is 499 g/mol. The van der Waals surface area contributed by atoms with Crippen LogP contribution >= 0.6 is 11.3 Å². The van der Waals surface area contributed by atoms with E-state index in [1.807, 2.05) is 0 Å². The van der Waals surface area contributed by atoms with E-state index >= 15 is 0 Å². The molecule has 174 valence electrons. The largest absolute Gasteiger partial charge is 0.496 e. The fraction of sp³-hybridized carbons (Fsp3) is 0.0455. The highest BCUT2D eigenvalue weighted by molar-refractivity contribution is 7.94. The van der Waals surface area contributed by atoms with Crippen molar-refractivity contribution in [2.45, 2.75) is 4.21 Å². The van der Waals surface area contributed by atoms with Gasteiger partial charge in [-0.1, -0.05) is 35.5 Å². The van der Waals surface area contributed by atoms with Gasteiger partial charge in [-0.05, 0) is 35.7 Å². The molecule has 2 aromatic carbocycles. The highest BCUT2D eigenvalue weighted by Crippen LogP contribution is 2.30. The molecule has 12 heteroatoms. The normalized spacial score (nSPS) is 11.0. The van der Waals surface area contributed by atoms with Gasteiger partial charge >= 0.3 is 0 Å². The van der Waals surface area contributed by atoms with Gasteiger partial charge in [0.05, 0.1) is 23.9 Å². The molecule has 0 fully saturated rings. The van der Waals surface area contributed by atoms with Crippen molar-refractivity contribution in [1.29, 1.82) is 0 Å². The molecule has 2 heterocycles. The highest BCUT2D eigenvalue weighted by Gasteiger charge is 2.21. The third-order valence-corrected chi connectivity index (χ3v) is 7.34.